The zero-order chi connectivity index (χ0) is 30.9. The molecule has 2 fully saturated rings. The molecule has 234 valence electrons. The van der Waals surface area contributed by atoms with Crippen LogP contribution in [0.15, 0.2) is 85.5 Å². The van der Waals surface area contributed by atoms with Crippen molar-refractivity contribution in [3.63, 3.8) is 0 Å². The van der Waals surface area contributed by atoms with Gasteiger partial charge in [0.15, 0.2) is 6.29 Å². The molecule has 3 aromatic carbocycles. The van der Waals surface area contributed by atoms with Gasteiger partial charge in [-0.1, -0.05) is 92.4 Å². The molecule has 8 nitrogen and oxygen atoms in total. The van der Waals surface area contributed by atoms with E-state index in [-0.39, 0.29) is 31.3 Å². The third kappa shape index (κ3) is 7.75. The average Bonchev–Trinajstić information content (AvgIpc) is 3.50. The third-order valence-electron chi connectivity index (χ3n) is 8.66. The van der Waals surface area contributed by atoms with Crippen molar-refractivity contribution in [1.82, 2.24) is 10.2 Å². The molecule has 2 aliphatic heterocycles. The van der Waals surface area contributed by atoms with Crippen molar-refractivity contribution in [3.8, 4) is 11.1 Å². The SMILES string of the molecule is C=CCOC(=O)NCc1ccccc1-c1ccc([C@@H]2O[C@H](CN3CCC[C@H]3COC)[C@H](C)[C@H](c3ccc(CO)cc3)O2)cc1. The minimum absolute atomic E-state index is 0.0104. The number of ether oxygens (including phenoxy) is 4. The average molecular weight is 601 g/mol. The van der Waals surface area contributed by atoms with Gasteiger partial charge in [0.25, 0.3) is 0 Å². The van der Waals surface area contributed by atoms with E-state index >= 15 is 0 Å². The van der Waals surface area contributed by atoms with Crippen LogP contribution in [0.3, 0.4) is 0 Å². The molecule has 5 atom stereocenters. The number of carbonyl (C=O) groups excluding carboxylic acids is 1. The molecule has 2 saturated heterocycles. The molecule has 0 bridgehead atoms. The van der Waals surface area contributed by atoms with Crippen molar-refractivity contribution in [2.75, 3.05) is 33.4 Å². The van der Waals surface area contributed by atoms with Crippen LogP contribution in [0.1, 0.15) is 54.4 Å². The van der Waals surface area contributed by atoms with Gasteiger partial charge < -0.3 is 29.4 Å². The van der Waals surface area contributed by atoms with Crippen LogP contribution in [-0.2, 0) is 32.1 Å². The minimum Gasteiger partial charge on any atom is -0.445 e. The zero-order valence-corrected chi connectivity index (χ0v) is 25.7. The summed E-state index contributed by atoms with van der Waals surface area (Å²) < 4.78 is 24.0. The highest BCUT2D eigenvalue weighted by molar-refractivity contribution is 5.70. The van der Waals surface area contributed by atoms with Crippen molar-refractivity contribution in [2.45, 2.75) is 57.5 Å². The van der Waals surface area contributed by atoms with E-state index in [1.54, 1.807) is 7.11 Å². The fraction of sp³-hybridized carbons (Fsp3) is 0.417. The Kier molecular flexibility index (Phi) is 11.2. The van der Waals surface area contributed by atoms with Crippen molar-refractivity contribution >= 4 is 6.09 Å². The van der Waals surface area contributed by atoms with Gasteiger partial charge in [-0.05, 0) is 47.2 Å². The highest BCUT2D eigenvalue weighted by Crippen LogP contribution is 2.42. The van der Waals surface area contributed by atoms with E-state index in [0.29, 0.717) is 12.6 Å². The molecule has 44 heavy (non-hydrogen) atoms. The van der Waals surface area contributed by atoms with E-state index in [1.165, 1.54) is 6.08 Å². The van der Waals surface area contributed by atoms with Crippen LogP contribution >= 0.6 is 0 Å². The van der Waals surface area contributed by atoms with Crippen LogP contribution in [0, 0.1) is 5.92 Å². The fourth-order valence-corrected chi connectivity index (χ4v) is 6.20. The summed E-state index contributed by atoms with van der Waals surface area (Å²) in [5, 5.41) is 12.4. The molecular weight excluding hydrogens is 556 g/mol. The predicted molar refractivity (Wildman–Crippen MR) is 170 cm³/mol. The summed E-state index contributed by atoms with van der Waals surface area (Å²) in [7, 11) is 1.77. The Labute approximate surface area is 260 Å². The molecule has 0 aromatic heterocycles. The van der Waals surface area contributed by atoms with Crippen LogP contribution < -0.4 is 5.32 Å². The second kappa shape index (κ2) is 15.5. The van der Waals surface area contributed by atoms with E-state index in [1.807, 2.05) is 36.4 Å². The molecule has 0 radical (unpaired) electrons. The Morgan fingerprint density at radius 2 is 1.82 bits per heavy atom. The van der Waals surface area contributed by atoms with Crippen LogP contribution in [0.25, 0.3) is 11.1 Å². The maximum absolute atomic E-state index is 12.0. The van der Waals surface area contributed by atoms with Gasteiger partial charge in [0, 0.05) is 37.7 Å². The van der Waals surface area contributed by atoms with E-state index in [9.17, 15) is 9.90 Å². The Bertz CT molecular complexity index is 1360. The molecule has 3 aromatic rings. The van der Waals surface area contributed by atoms with Gasteiger partial charge >= 0.3 is 6.09 Å². The number of aliphatic hydroxyl groups is 1. The maximum Gasteiger partial charge on any atom is 0.407 e. The topological polar surface area (TPSA) is 89.5 Å². The third-order valence-corrected chi connectivity index (χ3v) is 8.66. The number of carbonyl (C=O) groups is 1. The van der Waals surface area contributed by atoms with Gasteiger partial charge in [-0.15, -0.1) is 0 Å². The van der Waals surface area contributed by atoms with E-state index < -0.39 is 12.4 Å². The molecule has 0 unspecified atom stereocenters. The Morgan fingerprint density at radius 1 is 1.07 bits per heavy atom. The number of methoxy groups -OCH3 is 1. The van der Waals surface area contributed by atoms with Gasteiger partial charge in [0.1, 0.15) is 6.61 Å². The first-order valence-corrected chi connectivity index (χ1v) is 15.4. The van der Waals surface area contributed by atoms with Crippen LogP contribution in [0.5, 0.6) is 0 Å². The molecule has 2 heterocycles. The molecule has 2 N–H and O–H groups in total. The Morgan fingerprint density at radius 3 is 2.55 bits per heavy atom. The number of aliphatic hydroxyl groups excluding tert-OH is 1. The first kappa shape index (κ1) is 31.9. The molecule has 5 rings (SSSR count). The Hall–Kier alpha value is -3.53. The fourth-order valence-electron chi connectivity index (χ4n) is 6.20. The number of amides is 1. The number of hydrogen-bond donors (Lipinski definition) is 2. The predicted octanol–water partition coefficient (Wildman–Crippen LogP) is 6.16. The zero-order valence-electron chi connectivity index (χ0n) is 25.7. The summed E-state index contributed by atoms with van der Waals surface area (Å²) in [6, 6.07) is 24.7. The molecular formula is C36H44N2O6. The van der Waals surface area contributed by atoms with Gasteiger partial charge in [-0.2, -0.15) is 0 Å². The van der Waals surface area contributed by atoms with Crippen molar-refractivity contribution in [1.29, 1.82) is 0 Å². The van der Waals surface area contributed by atoms with Crippen LogP contribution in [-0.4, -0.2) is 61.7 Å². The van der Waals surface area contributed by atoms with Crippen molar-refractivity contribution < 1.29 is 28.8 Å². The van der Waals surface area contributed by atoms with Crippen LogP contribution in [0.2, 0.25) is 0 Å². The molecule has 2 aliphatic rings. The maximum atomic E-state index is 12.0. The normalized spacial score (nSPS) is 23.8. The van der Waals surface area contributed by atoms with E-state index in [2.05, 4.69) is 60.1 Å². The van der Waals surface area contributed by atoms with Crippen molar-refractivity contribution in [2.24, 2.45) is 5.92 Å². The standard InChI is InChI=1S/C36H44N2O6/c1-4-20-42-36(40)37-21-30-8-5-6-10-32(30)27-15-17-29(18-16-27)35-43-33(22-38-19-7-9-31(38)24-41-3)25(2)34(44-35)28-13-11-26(23-39)12-14-28/h4-6,8,10-18,25,31,33-35,39H,1,7,9,19-24H2,2-3H3,(H,37,40)/t25-,31-,33+,34+,35+/m0/s1. The number of nitrogens with one attached hydrogen (secondary N) is 1. The Balaban J connectivity index is 1.36. The lowest BCUT2D eigenvalue weighted by atomic mass is 9.89. The smallest absolute Gasteiger partial charge is 0.407 e. The lowest BCUT2D eigenvalue weighted by Crippen LogP contribution is -2.46. The highest BCUT2D eigenvalue weighted by Gasteiger charge is 2.40. The lowest BCUT2D eigenvalue weighted by Gasteiger charge is -2.43. The van der Waals surface area contributed by atoms with Gasteiger partial charge in [0.05, 0.1) is 25.4 Å². The quantitative estimate of drug-likeness (QED) is 0.241. The number of hydrogen-bond acceptors (Lipinski definition) is 7. The van der Waals surface area contributed by atoms with Crippen molar-refractivity contribution in [3.05, 3.63) is 108 Å². The second-order valence-corrected chi connectivity index (χ2v) is 11.6. The number of nitrogens with zero attached hydrogens (tertiary/aromatic N) is 1. The lowest BCUT2D eigenvalue weighted by molar-refractivity contribution is -0.276. The molecule has 8 heteroatoms. The van der Waals surface area contributed by atoms with Gasteiger partial charge in [-0.3, -0.25) is 4.90 Å². The summed E-state index contributed by atoms with van der Waals surface area (Å²) in [5.74, 6) is 0.117. The number of likely N-dealkylation sites (tertiary alicyclic amines) is 1. The monoisotopic (exact) mass is 600 g/mol. The van der Waals surface area contributed by atoms with Crippen LogP contribution in [0.4, 0.5) is 4.79 Å². The summed E-state index contributed by atoms with van der Waals surface area (Å²) in [6.07, 6.45) is 2.62. The first-order valence-electron chi connectivity index (χ1n) is 15.4. The molecule has 1 amide bonds. The number of alkyl carbamates (subject to hydrolysis) is 1. The number of rotatable bonds is 12. The largest absolute Gasteiger partial charge is 0.445 e. The summed E-state index contributed by atoms with van der Waals surface area (Å²) >= 11 is 0. The van der Waals surface area contributed by atoms with Gasteiger partial charge in [-0.25, -0.2) is 4.79 Å². The van der Waals surface area contributed by atoms with E-state index in [4.69, 9.17) is 18.9 Å². The minimum atomic E-state index is -0.534. The molecule has 0 aliphatic carbocycles. The first-order chi connectivity index (χ1) is 21.5. The summed E-state index contributed by atoms with van der Waals surface area (Å²) in [4.78, 5) is 14.5. The van der Waals surface area contributed by atoms with Gasteiger partial charge in [0.2, 0.25) is 0 Å². The second-order valence-electron chi connectivity index (χ2n) is 11.6. The molecule has 0 spiro atoms. The number of benzene rings is 3. The summed E-state index contributed by atoms with van der Waals surface area (Å²) in [6.45, 7) is 8.88. The highest BCUT2D eigenvalue weighted by atomic mass is 16.7. The summed E-state index contributed by atoms with van der Waals surface area (Å²) in [5.41, 5.74) is 5.94. The van der Waals surface area contributed by atoms with E-state index in [0.717, 1.165) is 65.9 Å². The molecule has 0 saturated carbocycles.